The summed E-state index contributed by atoms with van der Waals surface area (Å²) in [6.07, 6.45) is 5.94. The molecule has 0 saturated carbocycles. The van der Waals surface area contributed by atoms with E-state index in [1.807, 2.05) is 12.1 Å². The van der Waals surface area contributed by atoms with Gasteiger partial charge in [0.25, 0.3) is 0 Å². The van der Waals surface area contributed by atoms with E-state index in [9.17, 15) is 0 Å². The Morgan fingerprint density at radius 2 is 2.20 bits per heavy atom. The highest BCUT2D eigenvalue weighted by Crippen LogP contribution is 2.15. The summed E-state index contributed by atoms with van der Waals surface area (Å²) in [5.41, 5.74) is 8.27. The van der Waals surface area contributed by atoms with Crippen molar-refractivity contribution in [3.05, 3.63) is 35.4 Å². The summed E-state index contributed by atoms with van der Waals surface area (Å²) in [5.74, 6) is 2.61. The lowest BCUT2D eigenvalue weighted by Gasteiger charge is -2.18. The van der Waals surface area contributed by atoms with Gasteiger partial charge in [0.2, 0.25) is 0 Å². The summed E-state index contributed by atoms with van der Waals surface area (Å²) < 4.78 is 0. The third-order valence-electron chi connectivity index (χ3n) is 2.46. The number of nitrogens with one attached hydrogen (secondary N) is 1. The minimum absolute atomic E-state index is 0.208. The van der Waals surface area contributed by atoms with Crippen LogP contribution in [0.2, 0.25) is 0 Å². The van der Waals surface area contributed by atoms with Gasteiger partial charge in [-0.3, -0.25) is 0 Å². The van der Waals surface area contributed by atoms with Gasteiger partial charge in [0.05, 0.1) is 0 Å². The molecule has 0 bridgehead atoms. The molecule has 0 aliphatic carbocycles. The van der Waals surface area contributed by atoms with Crippen LogP contribution < -0.4 is 11.1 Å². The largest absolute Gasteiger partial charge is 0.329 e. The number of nitrogens with two attached hydrogens (primary N) is 1. The third-order valence-corrected chi connectivity index (χ3v) is 2.46. The Kier molecular flexibility index (Phi) is 4.89. The molecule has 0 saturated heterocycles. The summed E-state index contributed by atoms with van der Waals surface area (Å²) in [5, 5.41) is 3.36. The summed E-state index contributed by atoms with van der Waals surface area (Å²) in [7, 11) is 0. The maximum Gasteiger partial charge on any atom is 0.0447 e. The smallest absolute Gasteiger partial charge is 0.0447 e. The molecule has 0 fully saturated rings. The average Bonchev–Trinajstić information content (AvgIpc) is 2.26. The predicted octanol–water partition coefficient (Wildman–Crippen LogP) is 1.61. The first kappa shape index (κ1) is 11.8. The topological polar surface area (TPSA) is 38.0 Å². The van der Waals surface area contributed by atoms with Gasteiger partial charge in [-0.15, -0.1) is 12.3 Å². The summed E-state index contributed by atoms with van der Waals surface area (Å²) in [6, 6.07) is 8.48. The number of terminal acetylenes is 1. The fourth-order valence-corrected chi connectivity index (χ4v) is 1.62. The molecule has 1 rings (SSSR count). The predicted molar refractivity (Wildman–Crippen MR) is 64.4 cm³/mol. The van der Waals surface area contributed by atoms with Crippen LogP contribution >= 0.6 is 0 Å². The van der Waals surface area contributed by atoms with Crippen molar-refractivity contribution in [1.29, 1.82) is 0 Å². The molecular formula is C13H18N2. The maximum atomic E-state index is 5.74. The van der Waals surface area contributed by atoms with Gasteiger partial charge in [0, 0.05) is 25.6 Å². The van der Waals surface area contributed by atoms with Crippen molar-refractivity contribution in [3.8, 4) is 12.3 Å². The van der Waals surface area contributed by atoms with Gasteiger partial charge in [0.15, 0.2) is 0 Å². The Morgan fingerprint density at radius 3 is 2.80 bits per heavy atom. The Hall–Kier alpha value is -1.30. The number of hydrogen-bond donors (Lipinski definition) is 2. The molecule has 1 unspecified atom stereocenters. The van der Waals surface area contributed by atoms with Crippen LogP contribution in [0.4, 0.5) is 0 Å². The van der Waals surface area contributed by atoms with Gasteiger partial charge in [-0.1, -0.05) is 24.3 Å². The zero-order valence-corrected chi connectivity index (χ0v) is 9.16. The van der Waals surface area contributed by atoms with Crippen LogP contribution in [-0.2, 0) is 0 Å². The van der Waals surface area contributed by atoms with Crippen molar-refractivity contribution in [1.82, 2.24) is 5.32 Å². The zero-order chi connectivity index (χ0) is 11.1. The monoisotopic (exact) mass is 202 g/mol. The lowest BCUT2D eigenvalue weighted by atomic mass is 10.0. The van der Waals surface area contributed by atoms with Crippen molar-refractivity contribution in [3.63, 3.8) is 0 Å². The van der Waals surface area contributed by atoms with Crippen LogP contribution in [0, 0.1) is 19.3 Å². The van der Waals surface area contributed by atoms with Crippen molar-refractivity contribution in [2.75, 3.05) is 13.1 Å². The van der Waals surface area contributed by atoms with Crippen molar-refractivity contribution in [2.24, 2.45) is 5.73 Å². The summed E-state index contributed by atoms with van der Waals surface area (Å²) in [4.78, 5) is 0. The van der Waals surface area contributed by atoms with Crippen molar-refractivity contribution < 1.29 is 0 Å². The first-order chi connectivity index (χ1) is 7.29. The van der Waals surface area contributed by atoms with E-state index in [4.69, 9.17) is 12.2 Å². The lowest BCUT2D eigenvalue weighted by Crippen LogP contribution is -2.29. The third kappa shape index (κ3) is 3.39. The molecule has 80 valence electrons. The second-order valence-corrected chi connectivity index (χ2v) is 3.55. The number of rotatable bonds is 5. The summed E-state index contributed by atoms with van der Waals surface area (Å²) >= 11 is 0. The van der Waals surface area contributed by atoms with E-state index in [2.05, 4.69) is 30.3 Å². The first-order valence-corrected chi connectivity index (χ1v) is 5.22. The van der Waals surface area contributed by atoms with Crippen LogP contribution in [0.15, 0.2) is 24.3 Å². The fraction of sp³-hybridized carbons (Fsp3) is 0.385. The second-order valence-electron chi connectivity index (χ2n) is 3.55. The van der Waals surface area contributed by atoms with Gasteiger partial charge in [0.1, 0.15) is 0 Å². The summed E-state index contributed by atoms with van der Waals surface area (Å²) in [6.45, 7) is 3.50. The highest BCUT2D eigenvalue weighted by molar-refractivity contribution is 5.28. The zero-order valence-electron chi connectivity index (χ0n) is 9.16. The Labute approximate surface area is 91.9 Å². The average molecular weight is 202 g/mol. The van der Waals surface area contributed by atoms with Gasteiger partial charge in [-0.2, -0.15) is 0 Å². The molecule has 0 aliphatic heterocycles. The highest BCUT2D eigenvalue weighted by Gasteiger charge is 2.09. The second kappa shape index (κ2) is 6.23. The Morgan fingerprint density at radius 1 is 1.47 bits per heavy atom. The quantitative estimate of drug-likeness (QED) is 0.562. The lowest BCUT2D eigenvalue weighted by molar-refractivity contribution is 0.548. The molecule has 2 nitrogen and oxygen atoms in total. The van der Waals surface area contributed by atoms with E-state index in [0.717, 1.165) is 13.0 Å². The van der Waals surface area contributed by atoms with Crippen LogP contribution in [0.3, 0.4) is 0 Å². The van der Waals surface area contributed by atoms with Crippen LogP contribution in [-0.4, -0.2) is 13.1 Å². The molecule has 1 aromatic carbocycles. The van der Waals surface area contributed by atoms with E-state index in [0.29, 0.717) is 6.54 Å². The molecule has 0 spiro atoms. The highest BCUT2D eigenvalue weighted by atomic mass is 14.9. The normalized spacial score (nSPS) is 12.1. The number of hydrogen-bond acceptors (Lipinski definition) is 2. The SMILES string of the molecule is C#CCCNC(CN)c1ccccc1C. The standard InChI is InChI=1S/C13H18N2/c1-3-4-9-15-13(10-14)12-8-6-5-7-11(12)2/h1,5-8,13,15H,4,9-10,14H2,2H3. The van der Waals surface area contributed by atoms with E-state index in [1.165, 1.54) is 11.1 Å². The van der Waals surface area contributed by atoms with Gasteiger partial charge in [-0.25, -0.2) is 0 Å². The molecule has 0 heterocycles. The van der Waals surface area contributed by atoms with Gasteiger partial charge < -0.3 is 11.1 Å². The molecule has 0 aliphatic rings. The van der Waals surface area contributed by atoms with E-state index < -0.39 is 0 Å². The Balaban J connectivity index is 2.66. The van der Waals surface area contributed by atoms with Crippen LogP contribution in [0.25, 0.3) is 0 Å². The molecule has 1 atom stereocenters. The van der Waals surface area contributed by atoms with E-state index >= 15 is 0 Å². The van der Waals surface area contributed by atoms with E-state index in [1.54, 1.807) is 0 Å². The Bertz CT molecular complexity index is 339. The molecule has 15 heavy (non-hydrogen) atoms. The van der Waals surface area contributed by atoms with Crippen LogP contribution in [0.1, 0.15) is 23.6 Å². The molecule has 1 aromatic rings. The fourth-order valence-electron chi connectivity index (χ4n) is 1.62. The van der Waals surface area contributed by atoms with Crippen LogP contribution in [0.5, 0.6) is 0 Å². The molecule has 0 radical (unpaired) electrons. The number of aryl methyl sites for hydroxylation is 1. The molecule has 3 N–H and O–H groups in total. The van der Waals surface area contributed by atoms with Crippen molar-refractivity contribution >= 4 is 0 Å². The number of benzene rings is 1. The van der Waals surface area contributed by atoms with Crippen molar-refractivity contribution in [2.45, 2.75) is 19.4 Å². The first-order valence-electron chi connectivity index (χ1n) is 5.22. The minimum Gasteiger partial charge on any atom is -0.329 e. The molecule has 2 heteroatoms. The minimum atomic E-state index is 0.208. The maximum absolute atomic E-state index is 5.74. The molecule has 0 amide bonds. The molecular weight excluding hydrogens is 184 g/mol. The van der Waals surface area contributed by atoms with Gasteiger partial charge in [-0.05, 0) is 18.1 Å². The molecule has 0 aromatic heterocycles. The van der Waals surface area contributed by atoms with E-state index in [-0.39, 0.29) is 6.04 Å². The van der Waals surface area contributed by atoms with Gasteiger partial charge >= 0.3 is 0 Å².